The van der Waals surface area contributed by atoms with E-state index in [9.17, 15) is 14.4 Å². The molecule has 1 aromatic rings. The molecule has 0 aromatic heterocycles. The van der Waals surface area contributed by atoms with Gasteiger partial charge in [0.2, 0.25) is 5.91 Å². The molecule has 27 heavy (non-hydrogen) atoms. The smallest absolute Gasteiger partial charge is 0.324 e. The number of amides is 5. The molecule has 0 unspecified atom stereocenters. The lowest BCUT2D eigenvalue weighted by atomic mass is 10.0. The van der Waals surface area contributed by atoms with Crippen molar-refractivity contribution < 1.29 is 19.1 Å². The van der Waals surface area contributed by atoms with Crippen molar-refractivity contribution in [3.05, 3.63) is 24.3 Å². The van der Waals surface area contributed by atoms with E-state index in [1.165, 1.54) is 4.90 Å². The summed E-state index contributed by atoms with van der Waals surface area (Å²) in [7, 11) is 0. The minimum absolute atomic E-state index is 0.0672. The highest BCUT2D eigenvalue weighted by Gasteiger charge is 2.37. The fraction of sp³-hybridized carbons (Fsp3) is 0.526. The number of likely N-dealkylation sites (tertiary alicyclic amines) is 1. The number of carbonyl (C=O) groups is 3. The quantitative estimate of drug-likeness (QED) is 0.591. The van der Waals surface area contributed by atoms with Crippen LogP contribution in [0.4, 0.5) is 15.3 Å². The van der Waals surface area contributed by atoms with Crippen molar-refractivity contribution in [3.63, 3.8) is 0 Å². The number of benzene rings is 1. The van der Waals surface area contributed by atoms with E-state index in [0.717, 1.165) is 18.6 Å². The molecule has 0 spiro atoms. The summed E-state index contributed by atoms with van der Waals surface area (Å²) < 4.78 is 5.61. The number of rotatable bonds is 6. The zero-order valence-electron chi connectivity index (χ0n) is 15.6. The van der Waals surface area contributed by atoms with E-state index in [1.54, 1.807) is 4.90 Å². The van der Waals surface area contributed by atoms with Gasteiger partial charge in [-0.1, -0.05) is 13.3 Å². The zero-order chi connectivity index (χ0) is 19.2. The van der Waals surface area contributed by atoms with Gasteiger partial charge >= 0.3 is 12.1 Å². The molecule has 0 aliphatic carbocycles. The van der Waals surface area contributed by atoms with E-state index in [4.69, 9.17) is 4.74 Å². The van der Waals surface area contributed by atoms with Crippen molar-refractivity contribution in [2.24, 2.45) is 0 Å². The Hall–Kier alpha value is -2.77. The van der Waals surface area contributed by atoms with Gasteiger partial charge in [-0.2, -0.15) is 0 Å². The predicted molar refractivity (Wildman–Crippen MR) is 101 cm³/mol. The maximum atomic E-state index is 12.4. The molecule has 0 radical (unpaired) electrons. The molecule has 0 bridgehead atoms. The molecule has 0 atom stereocenters. The molecule has 2 saturated heterocycles. The van der Waals surface area contributed by atoms with Crippen molar-refractivity contribution in [2.75, 3.05) is 31.6 Å². The van der Waals surface area contributed by atoms with Crippen LogP contribution in [0.1, 0.15) is 32.6 Å². The monoisotopic (exact) mass is 374 g/mol. The third-order valence-electron chi connectivity index (χ3n) is 4.87. The number of ether oxygens (including phenoxy) is 1. The molecular weight excluding hydrogens is 348 g/mol. The van der Waals surface area contributed by atoms with Crippen molar-refractivity contribution in [2.45, 2.75) is 38.6 Å². The van der Waals surface area contributed by atoms with Crippen LogP contribution in [0.2, 0.25) is 0 Å². The topological polar surface area (TPSA) is 91.0 Å². The third-order valence-corrected chi connectivity index (χ3v) is 4.87. The van der Waals surface area contributed by atoms with Gasteiger partial charge in [0.25, 0.3) is 0 Å². The van der Waals surface area contributed by atoms with E-state index in [0.29, 0.717) is 38.2 Å². The normalized spacial score (nSPS) is 17.8. The minimum Gasteiger partial charge on any atom is -0.494 e. The SMILES string of the molecule is CCCCOc1ccc(NC(=O)N2CCC(N3C(=O)CNC3=O)CC2)cc1. The average molecular weight is 374 g/mol. The van der Waals surface area contributed by atoms with Crippen LogP contribution in [0.25, 0.3) is 0 Å². The van der Waals surface area contributed by atoms with Crippen molar-refractivity contribution in [1.82, 2.24) is 15.1 Å². The Kier molecular flexibility index (Phi) is 6.16. The van der Waals surface area contributed by atoms with Crippen LogP contribution >= 0.6 is 0 Å². The number of hydrogen-bond donors (Lipinski definition) is 2. The van der Waals surface area contributed by atoms with E-state index in [2.05, 4.69) is 17.6 Å². The van der Waals surface area contributed by atoms with E-state index < -0.39 is 0 Å². The highest BCUT2D eigenvalue weighted by molar-refractivity contribution is 6.02. The summed E-state index contributed by atoms with van der Waals surface area (Å²) in [4.78, 5) is 39.0. The number of nitrogens with zero attached hydrogens (tertiary/aromatic N) is 2. The first-order chi connectivity index (χ1) is 13.1. The first-order valence-electron chi connectivity index (χ1n) is 9.47. The summed E-state index contributed by atoms with van der Waals surface area (Å²) in [6.45, 7) is 3.88. The van der Waals surface area contributed by atoms with Crippen LogP contribution in [-0.2, 0) is 4.79 Å². The minimum atomic E-state index is -0.329. The fourth-order valence-electron chi connectivity index (χ4n) is 3.30. The Labute approximate surface area is 158 Å². The lowest BCUT2D eigenvalue weighted by molar-refractivity contribution is -0.127. The largest absolute Gasteiger partial charge is 0.494 e. The lowest BCUT2D eigenvalue weighted by Gasteiger charge is -2.35. The summed E-state index contributed by atoms with van der Waals surface area (Å²) in [5, 5.41) is 5.42. The van der Waals surface area contributed by atoms with Crippen LogP contribution in [0.15, 0.2) is 24.3 Å². The maximum absolute atomic E-state index is 12.4. The van der Waals surface area contributed by atoms with Gasteiger partial charge in [0.1, 0.15) is 5.75 Å². The molecule has 1 aromatic carbocycles. The number of anilines is 1. The second kappa shape index (κ2) is 8.75. The molecule has 3 rings (SSSR count). The molecule has 2 fully saturated rings. The number of urea groups is 2. The number of imide groups is 1. The molecular formula is C19H26N4O4. The highest BCUT2D eigenvalue weighted by Crippen LogP contribution is 2.21. The van der Waals surface area contributed by atoms with E-state index in [1.807, 2.05) is 24.3 Å². The molecule has 2 aliphatic heterocycles. The van der Waals surface area contributed by atoms with E-state index in [-0.39, 0.29) is 30.6 Å². The van der Waals surface area contributed by atoms with Gasteiger partial charge in [-0.15, -0.1) is 0 Å². The molecule has 2 heterocycles. The Morgan fingerprint density at radius 1 is 1.22 bits per heavy atom. The Bertz CT molecular complexity index is 667. The molecule has 146 valence electrons. The number of unbranched alkanes of at least 4 members (excludes halogenated alkanes) is 1. The van der Waals surface area contributed by atoms with Gasteiger partial charge in [0.05, 0.1) is 13.2 Å². The molecule has 2 N–H and O–H groups in total. The summed E-state index contributed by atoms with van der Waals surface area (Å²) in [6.07, 6.45) is 3.29. The number of hydrogen-bond acceptors (Lipinski definition) is 4. The van der Waals surface area contributed by atoms with Crippen molar-refractivity contribution >= 4 is 23.7 Å². The first kappa shape index (κ1) is 19.0. The number of carbonyl (C=O) groups excluding carboxylic acids is 3. The van der Waals surface area contributed by atoms with Crippen LogP contribution in [0, 0.1) is 0 Å². The second-order valence-electron chi connectivity index (χ2n) is 6.80. The maximum Gasteiger partial charge on any atom is 0.324 e. The molecule has 8 nitrogen and oxygen atoms in total. The van der Waals surface area contributed by atoms with Gasteiger partial charge in [-0.3, -0.25) is 9.69 Å². The van der Waals surface area contributed by atoms with Gasteiger partial charge in [-0.05, 0) is 43.5 Å². The van der Waals surface area contributed by atoms with Crippen molar-refractivity contribution in [1.29, 1.82) is 0 Å². The summed E-state index contributed by atoms with van der Waals surface area (Å²) in [6, 6.07) is 6.68. The van der Waals surface area contributed by atoms with Crippen LogP contribution in [-0.4, -0.2) is 60.1 Å². The molecule has 2 aliphatic rings. The number of nitrogens with one attached hydrogen (secondary N) is 2. The second-order valence-corrected chi connectivity index (χ2v) is 6.80. The number of piperidine rings is 1. The molecule has 5 amide bonds. The summed E-state index contributed by atoms with van der Waals surface area (Å²) in [5.74, 6) is 0.597. The van der Waals surface area contributed by atoms with Gasteiger partial charge in [0, 0.05) is 24.8 Å². The summed E-state index contributed by atoms with van der Waals surface area (Å²) in [5.41, 5.74) is 0.707. The highest BCUT2D eigenvalue weighted by atomic mass is 16.5. The zero-order valence-corrected chi connectivity index (χ0v) is 15.6. The third kappa shape index (κ3) is 4.69. The molecule has 0 saturated carbocycles. The fourth-order valence-corrected chi connectivity index (χ4v) is 3.30. The van der Waals surface area contributed by atoms with Crippen LogP contribution < -0.4 is 15.4 Å². The standard InChI is InChI=1S/C19H26N4O4/c1-2-3-12-27-16-6-4-14(5-7-16)21-19(26)22-10-8-15(9-11-22)23-17(24)13-20-18(23)25/h4-7,15H,2-3,8-13H2,1H3,(H,20,25)(H,21,26). The predicted octanol–water partition coefficient (Wildman–Crippen LogP) is 2.41. The van der Waals surface area contributed by atoms with Gasteiger partial charge in [-0.25, -0.2) is 9.59 Å². The first-order valence-corrected chi connectivity index (χ1v) is 9.47. The van der Waals surface area contributed by atoms with Gasteiger partial charge < -0.3 is 20.3 Å². The molecule has 8 heteroatoms. The average Bonchev–Trinajstić information content (AvgIpc) is 3.02. The van der Waals surface area contributed by atoms with Crippen molar-refractivity contribution in [3.8, 4) is 5.75 Å². The Balaban J connectivity index is 1.47. The Morgan fingerprint density at radius 3 is 2.52 bits per heavy atom. The van der Waals surface area contributed by atoms with Crippen LogP contribution in [0.3, 0.4) is 0 Å². The lowest BCUT2D eigenvalue weighted by Crippen LogP contribution is -2.49. The van der Waals surface area contributed by atoms with E-state index >= 15 is 0 Å². The van der Waals surface area contributed by atoms with Crippen LogP contribution in [0.5, 0.6) is 5.75 Å². The van der Waals surface area contributed by atoms with Gasteiger partial charge in [0.15, 0.2) is 0 Å². The Morgan fingerprint density at radius 2 is 1.93 bits per heavy atom. The summed E-state index contributed by atoms with van der Waals surface area (Å²) >= 11 is 0.